The molecule has 2 fully saturated rings. The van der Waals surface area contributed by atoms with E-state index in [1.54, 1.807) is 12.1 Å². The number of nitro groups is 1. The second-order valence-electron chi connectivity index (χ2n) is 5.24. The van der Waals surface area contributed by atoms with Crippen LogP contribution in [0.2, 0.25) is 0 Å². The molecule has 1 aromatic rings. The molecule has 1 N–H and O–H groups in total. The van der Waals surface area contributed by atoms with Gasteiger partial charge in [0.1, 0.15) is 12.0 Å². The SMILES string of the molecule is O=[N+]([O-])c1ccc(N2CCCC2C2CCCN2)nc1. The first-order valence-electron chi connectivity index (χ1n) is 6.86. The Labute approximate surface area is 112 Å². The van der Waals surface area contributed by atoms with Crippen molar-refractivity contribution in [1.29, 1.82) is 0 Å². The van der Waals surface area contributed by atoms with Crippen LogP contribution in [-0.2, 0) is 0 Å². The molecule has 6 heteroatoms. The molecule has 2 unspecified atom stereocenters. The number of aromatic nitrogens is 1. The summed E-state index contributed by atoms with van der Waals surface area (Å²) in [4.78, 5) is 16.8. The predicted octanol–water partition coefficient (Wildman–Crippen LogP) is 1.71. The molecule has 3 heterocycles. The minimum Gasteiger partial charge on any atom is -0.352 e. The van der Waals surface area contributed by atoms with E-state index in [-0.39, 0.29) is 5.69 Å². The number of hydrogen-bond donors (Lipinski definition) is 1. The summed E-state index contributed by atoms with van der Waals surface area (Å²) < 4.78 is 0. The molecular weight excluding hydrogens is 244 g/mol. The maximum absolute atomic E-state index is 10.6. The lowest BCUT2D eigenvalue weighted by Gasteiger charge is -2.30. The highest BCUT2D eigenvalue weighted by atomic mass is 16.6. The van der Waals surface area contributed by atoms with Crippen molar-refractivity contribution in [2.45, 2.75) is 37.8 Å². The van der Waals surface area contributed by atoms with E-state index in [4.69, 9.17) is 0 Å². The van der Waals surface area contributed by atoms with E-state index in [0.29, 0.717) is 12.1 Å². The maximum Gasteiger partial charge on any atom is 0.287 e. The van der Waals surface area contributed by atoms with Crippen LogP contribution in [0.25, 0.3) is 0 Å². The minimum absolute atomic E-state index is 0.0542. The average molecular weight is 262 g/mol. The van der Waals surface area contributed by atoms with Gasteiger partial charge >= 0.3 is 0 Å². The highest BCUT2D eigenvalue weighted by Gasteiger charge is 2.33. The second-order valence-corrected chi connectivity index (χ2v) is 5.24. The summed E-state index contributed by atoms with van der Waals surface area (Å²) in [6.45, 7) is 2.09. The average Bonchev–Trinajstić information content (AvgIpc) is 3.09. The Morgan fingerprint density at radius 3 is 2.89 bits per heavy atom. The van der Waals surface area contributed by atoms with Crippen LogP contribution in [0.3, 0.4) is 0 Å². The Morgan fingerprint density at radius 2 is 2.26 bits per heavy atom. The largest absolute Gasteiger partial charge is 0.352 e. The van der Waals surface area contributed by atoms with Gasteiger partial charge in [-0.05, 0) is 38.3 Å². The van der Waals surface area contributed by atoms with E-state index in [9.17, 15) is 10.1 Å². The van der Waals surface area contributed by atoms with E-state index in [0.717, 1.165) is 18.9 Å². The van der Waals surface area contributed by atoms with Crippen LogP contribution in [0.5, 0.6) is 0 Å². The van der Waals surface area contributed by atoms with Crippen LogP contribution in [0.15, 0.2) is 18.3 Å². The predicted molar refractivity (Wildman–Crippen MR) is 72.3 cm³/mol. The molecule has 3 rings (SSSR count). The highest BCUT2D eigenvalue weighted by molar-refractivity contribution is 5.45. The van der Waals surface area contributed by atoms with Crippen LogP contribution >= 0.6 is 0 Å². The molecule has 0 saturated carbocycles. The van der Waals surface area contributed by atoms with E-state index < -0.39 is 4.92 Å². The first kappa shape index (κ1) is 12.3. The van der Waals surface area contributed by atoms with Crippen molar-refractivity contribution < 1.29 is 4.92 Å². The van der Waals surface area contributed by atoms with Gasteiger partial charge in [0, 0.05) is 24.7 Å². The van der Waals surface area contributed by atoms with Gasteiger partial charge in [0.15, 0.2) is 0 Å². The van der Waals surface area contributed by atoms with E-state index in [1.165, 1.54) is 31.9 Å². The summed E-state index contributed by atoms with van der Waals surface area (Å²) in [5.74, 6) is 0.863. The molecule has 0 aromatic carbocycles. The van der Waals surface area contributed by atoms with Crippen LogP contribution in [0.1, 0.15) is 25.7 Å². The molecule has 0 bridgehead atoms. The smallest absolute Gasteiger partial charge is 0.287 e. The van der Waals surface area contributed by atoms with Gasteiger partial charge in [-0.2, -0.15) is 0 Å². The minimum atomic E-state index is -0.406. The molecule has 6 nitrogen and oxygen atoms in total. The van der Waals surface area contributed by atoms with Crippen LogP contribution in [0, 0.1) is 10.1 Å². The van der Waals surface area contributed by atoms with Gasteiger partial charge in [0.2, 0.25) is 0 Å². The van der Waals surface area contributed by atoms with Crippen molar-refractivity contribution in [2.75, 3.05) is 18.0 Å². The molecule has 19 heavy (non-hydrogen) atoms. The first-order chi connectivity index (χ1) is 9.25. The number of nitrogens with one attached hydrogen (secondary N) is 1. The van der Waals surface area contributed by atoms with Gasteiger partial charge in [0.05, 0.1) is 4.92 Å². The monoisotopic (exact) mass is 262 g/mol. The maximum atomic E-state index is 10.6. The lowest BCUT2D eigenvalue weighted by Crippen LogP contribution is -2.44. The van der Waals surface area contributed by atoms with Crippen molar-refractivity contribution in [1.82, 2.24) is 10.3 Å². The van der Waals surface area contributed by atoms with Gasteiger partial charge in [-0.25, -0.2) is 4.98 Å². The van der Waals surface area contributed by atoms with Crippen LogP contribution in [-0.4, -0.2) is 35.1 Å². The standard InChI is InChI=1S/C13H18N4O2/c18-17(19)10-5-6-13(15-9-10)16-8-2-4-12(16)11-3-1-7-14-11/h5-6,9,11-12,14H,1-4,7-8H2. The molecule has 2 atom stereocenters. The molecule has 102 valence electrons. The third-order valence-electron chi connectivity index (χ3n) is 4.10. The Kier molecular flexibility index (Phi) is 3.33. The first-order valence-corrected chi connectivity index (χ1v) is 6.86. The molecule has 0 aliphatic carbocycles. The number of nitrogens with zero attached hydrogens (tertiary/aromatic N) is 3. The van der Waals surface area contributed by atoms with Crippen molar-refractivity contribution in [2.24, 2.45) is 0 Å². The van der Waals surface area contributed by atoms with E-state index in [2.05, 4.69) is 15.2 Å². The van der Waals surface area contributed by atoms with Crippen molar-refractivity contribution >= 4 is 11.5 Å². The van der Waals surface area contributed by atoms with Crippen LogP contribution in [0.4, 0.5) is 11.5 Å². The number of hydrogen-bond acceptors (Lipinski definition) is 5. The van der Waals surface area contributed by atoms with Crippen molar-refractivity contribution in [3.8, 4) is 0 Å². The Morgan fingerprint density at radius 1 is 1.37 bits per heavy atom. The number of rotatable bonds is 3. The summed E-state index contributed by atoms with van der Waals surface area (Å²) >= 11 is 0. The summed E-state index contributed by atoms with van der Waals surface area (Å²) in [6, 6.07) is 4.33. The molecule has 0 radical (unpaired) electrons. The lowest BCUT2D eigenvalue weighted by atomic mass is 10.0. The third kappa shape index (κ3) is 2.40. The van der Waals surface area contributed by atoms with Crippen LogP contribution < -0.4 is 10.2 Å². The van der Waals surface area contributed by atoms with Gasteiger partial charge in [-0.3, -0.25) is 10.1 Å². The Balaban J connectivity index is 1.78. The molecule has 1 aromatic heterocycles. The van der Waals surface area contributed by atoms with Gasteiger partial charge in [-0.15, -0.1) is 0 Å². The summed E-state index contributed by atoms with van der Waals surface area (Å²) in [5, 5.41) is 14.2. The molecule has 2 aliphatic rings. The van der Waals surface area contributed by atoms with Gasteiger partial charge in [-0.1, -0.05) is 0 Å². The highest BCUT2D eigenvalue weighted by Crippen LogP contribution is 2.29. The fourth-order valence-corrected chi connectivity index (χ4v) is 3.19. The lowest BCUT2D eigenvalue weighted by molar-refractivity contribution is -0.385. The Hall–Kier alpha value is -1.69. The summed E-state index contributed by atoms with van der Waals surface area (Å²) in [7, 11) is 0. The van der Waals surface area contributed by atoms with Gasteiger partial charge in [0.25, 0.3) is 5.69 Å². The zero-order valence-electron chi connectivity index (χ0n) is 10.8. The zero-order valence-corrected chi connectivity index (χ0v) is 10.8. The molecule has 0 spiro atoms. The fraction of sp³-hybridized carbons (Fsp3) is 0.615. The molecular formula is C13H18N4O2. The number of pyridine rings is 1. The quantitative estimate of drug-likeness (QED) is 0.663. The van der Waals surface area contributed by atoms with E-state index in [1.807, 2.05) is 0 Å². The third-order valence-corrected chi connectivity index (χ3v) is 4.10. The number of anilines is 1. The normalized spacial score (nSPS) is 26.8. The molecule has 0 amide bonds. The van der Waals surface area contributed by atoms with Crippen molar-refractivity contribution in [3.63, 3.8) is 0 Å². The van der Waals surface area contributed by atoms with Crippen molar-refractivity contribution in [3.05, 3.63) is 28.4 Å². The molecule has 2 aliphatic heterocycles. The summed E-state index contributed by atoms with van der Waals surface area (Å²) in [5.41, 5.74) is 0.0542. The van der Waals surface area contributed by atoms with Gasteiger partial charge < -0.3 is 10.2 Å². The zero-order chi connectivity index (χ0) is 13.2. The second kappa shape index (κ2) is 5.13. The molecule has 2 saturated heterocycles. The topological polar surface area (TPSA) is 71.3 Å². The fourth-order valence-electron chi connectivity index (χ4n) is 3.19. The summed E-state index contributed by atoms with van der Waals surface area (Å²) in [6.07, 6.45) is 6.15. The van der Waals surface area contributed by atoms with E-state index >= 15 is 0 Å². The Bertz CT molecular complexity index is 456.